The van der Waals surface area contributed by atoms with Crippen LogP contribution in [0.2, 0.25) is 5.02 Å². The Balaban J connectivity index is 1.79. The first-order valence-electron chi connectivity index (χ1n) is 5.95. The molecular weight excluding hydrogens is 361 g/mol. The molecule has 1 fully saturated rings. The van der Waals surface area contributed by atoms with E-state index in [1.54, 1.807) is 0 Å². The number of rotatable bonds is 4. The van der Waals surface area contributed by atoms with Crippen LogP contribution >= 0.6 is 34.2 Å². The average molecular weight is 374 g/mol. The van der Waals surface area contributed by atoms with Crippen molar-refractivity contribution >= 4 is 34.2 Å². The monoisotopic (exact) mass is 373 g/mol. The Labute approximate surface area is 125 Å². The maximum atomic E-state index is 6.31. The fourth-order valence-electron chi connectivity index (χ4n) is 1.81. The smallest absolute Gasteiger partial charge is 0.0661 e. The minimum Gasteiger partial charge on any atom is -0.310 e. The molecule has 1 aromatic heterocycles. The molecule has 1 aliphatic rings. The zero-order valence-corrected chi connectivity index (χ0v) is 12.6. The molecule has 0 saturated heterocycles. The van der Waals surface area contributed by atoms with Crippen LogP contribution in [0.5, 0.6) is 0 Å². The van der Waals surface area contributed by atoms with Gasteiger partial charge in [0.1, 0.15) is 0 Å². The Morgan fingerprint density at radius 2 is 2.28 bits per heavy atom. The number of halogens is 2. The minimum absolute atomic E-state index is 0.702. The predicted molar refractivity (Wildman–Crippen MR) is 81.2 cm³/mol. The van der Waals surface area contributed by atoms with Crippen molar-refractivity contribution in [3.05, 3.63) is 44.7 Å². The fourth-order valence-corrected chi connectivity index (χ4v) is 2.44. The molecule has 0 spiro atoms. The van der Waals surface area contributed by atoms with Crippen LogP contribution in [-0.4, -0.2) is 15.8 Å². The van der Waals surface area contributed by atoms with Gasteiger partial charge in [0.15, 0.2) is 0 Å². The van der Waals surface area contributed by atoms with Gasteiger partial charge >= 0.3 is 0 Å². The van der Waals surface area contributed by atoms with Crippen LogP contribution in [0.15, 0.2) is 30.6 Å². The highest BCUT2D eigenvalue weighted by molar-refractivity contribution is 14.1. The highest BCUT2D eigenvalue weighted by Crippen LogP contribution is 2.23. The molecule has 18 heavy (non-hydrogen) atoms. The van der Waals surface area contributed by atoms with Gasteiger partial charge in [-0.05, 0) is 53.1 Å². The largest absolute Gasteiger partial charge is 0.310 e. The van der Waals surface area contributed by atoms with Gasteiger partial charge in [0, 0.05) is 23.8 Å². The third-order valence-electron chi connectivity index (χ3n) is 3.01. The molecule has 1 aromatic carbocycles. The lowest BCUT2D eigenvalue weighted by Gasteiger charge is -2.08. The first-order valence-corrected chi connectivity index (χ1v) is 7.40. The van der Waals surface area contributed by atoms with E-state index in [1.807, 2.05) is 23.1 Å². The van der Waals surface area contributed by atoms with E-state index in [0.717, 1.165) is 26.4 Å². The maximum Gasteiger partial charge on any atom is 0.0661 e. The summed E-state index contributed by atoms with van der Waals surface area (Å²) >= 11 is 8.55. The summed E-state index contributed by atoms with van der Waals surface area (Å²) in [6.07, 6.45) is 6.40. The Bertz CT molecular complexity index is 563. The second-order valence-electron chi connectivity index (χ2n) is 4.53. The van der Waals surface area contributed by atoms with Gasteiger partial charge in [-0.25, -0.2) is 4.68 Å². The first kappa shape index (κ1) is 12.4. The van der Waals surface area contributed by atoms with Crippen molar-refractivity contribution < 1.29 is 0 Å². The van der Waals surface area contributed by atoms with E-state index < -0.39 is 0 Å². The molecule has 1 saturated carbocycles. The van der Waals surface area contributed by atoms with Gasteiger partial charge in [0.25, 0.3) is 0 Å². The van der Waals surface area contributed by atoms with Crippen molar-refractivity contribution in [3.8, 4) is 5.69 Å². The molecule has 0 bridgehead atoms. The summed E-state index contributed by atoms with van der Waals surface area (Å²) in [5.41, 5.74) is 2.15. The molecule has 0 radical (unpaired) electrons. The van der Waals surface area contributed by atoms with E-state index in [9.17, 15) is 0 Å². The zero-order chi connectivity index (χ0) is 12.5. The van der Waals surface area contributed by atoms with Gasteiger partial charge < -0.3 is 5.32 Å². The van der Waals surface area contributed by atoms with Crippen LogP contribution in [0.4, 0.5) is 0 Å². The lowest BCUT2D eigenvalue weighted by Crippen LogP contribution is -2.15. The van der Waals surface area contributed by atoms with Crippen LogP contribution in [-0.2, 0) is 6.54 Å². The fraction of sp³-hybridized carbons (Fsp3) is 0.308. The summed E-state index contributed by atoms with van der Waals surface area (Å²) in [5.74, 6) is 0. The molecule has 1 aliphatic carbocycles. The van der Waals surface area contributed by atoms with Crippen LogP contribution in [0.25, 0.3) is 5.69 Å². The zero-order valence-electron chi connectivity index (χ0n) is 9.74. The third-order valence-corrected chi connectivity index (χ3v) is 3.92. The van der Waals surface area contributed by atoms with Gasteiger partial charge in [-0.3, -0.25) is 0 Å². The number of nitrogens with one attached hydrogen (secondary N) is 1. The summed E-state index contributed by atoms with van der Waals surface area (Å²) in [6, 6.07) is 6.79. The Morgan fingerprint density at radius 1 is 1.44 bits per heavy atom. The van der Waals surface area contributed by atoms with Crippen molar-refractivity contribution in [1.29, 1.82) is 0 Å². The standard InChI is InChI=1S/C13H13ClIN3/c14-13-5-12(18-8-10(15)7-17-18)4-1-9(13)6-16-11-2-3-11/h1,4-5,7-8,11,16H,2-3,6H2. The summed E-state index contributed by atoms with van der Waals surface area (Å²) in [5, 5.41) is 8.54. The number of benzene rings is 1. The van der Waals surface area contributed by atoms with Crippen LogP contribution in [0.3, 0.4) is 0 Å². The van der Waals surface area contributed by atoms with Crippen molar-refractivity contribution in [2.75, 3.05) is 0 Å². The van der Waals surface area contributed by atoms with Crippen molar-refractivity contribution in [2.24, 2.45) is 0 Å². The third kappa shape index (κ3) is 2.87. The summed E-state index contributed by atoms with van der Waals surface area (Å²) in [4.78, 5) is 0. The van der Waals surface area contributed by atoms with Crippen LogP contribution in [0.1, 0.15) is 18.4 Å². The van der Waals surface area contributed by atoms with Crippen molar-refractivity contribution in [1.82, 2.24) is 15.1 Å². The predicted octanol–water partition coefficient (Wildman–Crippen LogP) is 3.38. The van der Waals surface area contributed by atoms with Gasteiger partial charge in [0.05, 0.1) is 15.5 Å². The summed E-state index contributed by atoms with van der Waals surface area (Å²) in [7, 11) is 0. The van der Waals surface area contributed by atoms with E-state index in [2.05, 4.69) is 45.1 Å². The maximum absolute atomic E-state index is 6.31. The normalized spacial score (nSPS) is 15.0. The van der Waals surface area contributed by atoms with Gasteiger partial charge in [-0.2, -0.15) is 5.10 Å². The number of aromatic nitrogens is 2. The molecule has 1 N–H and O–H groups in total. The molecule has 3 rings (SSSR count). The van der Waals surface area contributed by atoms with E-state index >= 15 is 0 Å². The summed E-state index contributed by atoms with van der Waals surface area (Å²) in [6.45, 7) is 0.848. The molecule has 1 heterocycles. The lowest BCUT2D eigenvalue weighted by molar-refractivity contribution is 0.687. The second-order valence-corrected chi connectivity index (χ2v) is 6.19. The Morgan fingerprint density at radius 3 is 2.89 bits per heavy atom. The van der Waals surface area contributed by atoms with Crippen molar-refractivity contribution in [2.45, 2.75) is 25.4 Å². The Kier molecular flexibility index (Phi) is 3.59. The minimum atomic E-state index is 0.702. The number of hydrogen-bond acceptors (Lipinski definition) is 2. The van der Waals surface area contributed by atoms with E-state index in [4.69, 9.17) is 11.6 Å². The molecule has 94 valence electrons. The van der Waals surface area contributed by atoms with Crippen LogP contribution < -0.4 is 5.32 Å². The molecule has 2 aromatic rings. The first-order chi connectivity index (χ1) is 8.72. The molecule has 0 aliphatic heterocycles. The Hall–Kier alpha value is -0.590. The van der Waals surface area contributed by atoms with E-state index in [0.29, 0.717) is 6.04 Å². The van der Waals surface area contributed by atoms with Gasteiger partial charge in [0.2, 0.25) is 0 Å². The number of nitrogens with zero attached hydrogens (tertiary/aromatic N) is 2. The molecule has 5 heteroatoms. The van der Waals surface area contributed by atoms with E-state index in [1.165, 1.54) is 12.8 Å². The summed E-state index contributed by atoms with van der Waals surface area (Å²) < 4.78 is 2.95. The van der Waals surface area contributed by atoms with Crippen LogP contribution in [0, 0.1) is 3.57 Å². The molecule has 0 amide bonds. The lowest BCUT2D eigenvalue weighted by atomic mass is 10.2. The topological polar surface area (TPSA) is 29.9 Å². The molecule has 0 unspecified atom stereocenters. The highest BCUT2D eigenvalue weighted by atomic mass is 127. The van der Waals surface area contributed by atoms with Gasteiger partial charge in [-0.1, -0.05) is 17.7 Å². The second kappa shape index (κ2) is 5.19. The molecule has 0 atom stereocenters. The van der Waals surface area contributed by atoms with Gasteiger partial charge in [-0.15, -0.1) is 0 Å². The molecular formula is C13H13ClIN3. The SMILES string of the molecule is Clc1cc(-n2cc(I)cn2)ccc1CNC1CC1. The quantitative estimate of drug-likeness (QED) is 0.833. The molecule has 3 nitrogen and oxygen atoms in total. The van der Waals surface area contributed by atoms with Crippen molar-refractivity contribution in [3.63, 3.8) is 0 Å². The highest BCUT2D eigenvalue weighted by Gasteiger charge is 2.20. The van der Waals surface area contributed by atoms with E-state index in [-0.39, 0.29) is 0 Å². The number of hydrogen-bond donors (Lipinski definition) is 1. The average Bonchev–Trinajstić information content (AvgIpc) is 3.08.